The zero-order chi connectivity index (χ0) is 68.3. The van der Waals surface area contributed by atoms with Gasteiger partial charge in [-0.2, -0.15) is 12.8 Å². The van der Waals surface area contributed by atoms with Gasteiger partial charge in [-0.05, 0) is 171 Å². The molecule has 534 valence electrons. The Kier molecular flexibility index (Phi) is 130. The number of fused-ring (bicyclic) bond motifs is 1. The molecule has 12 heteroatoms. The zero-order valence-corrected chi connectivity index (χ0v) is 71.1. The summed E-state index contributed by atoms with van der Waals surface area (Å²) in [6.45, 7) is 57.7. The van der Waals surface area contributed by atoms with E-state index < -0.39 is 20.8 Å². The monoisotopic (exact) mass is 1450 g/mol. The van der Waals surface area contributed by atoms with Gasteiger partial charge in [0.25, 0.3) is 0 Å². The van der Waals surface area contributed by atoms with Gasteiger partial charge in [0, 0.05) is 64.9 Å². The molecule has 0 radical (unpaired) electrons. The Balaban J connectivity index is -0.0000000786. The van der Waals surface area contributed by atoms with E-state index in [2.05, 4.69) is 191 Å². The van der Waals surface area contributed by atoms with Gasteiger partial charge in [-0.25, -0.2) is 0 Å². The number of unbranched alkanes of at least 4 members (excludes halogenated alkanes) is 2. The Hall–Kier alpha value is 0.788. The number of hydrogen-bond donors (Lipinski definition) is 2. The molecular formula is C79H156BrCl2Li2NO5Zr. The molecule has 4 unspecified atom stereocenters. The summed E-state index contributed by atoms with van der Waals surface area (Å²) in [4.78, 5) is 10.2. The number of aliphatic hydroxyl groups excluding tert-OH is 1. The summed E-state index contributed by atoms with van der Waals surface area (Å²) >= 11 is 2.42. The predicted octanol–water partition coefficient (Wildman–Crippen LogP) is 20.1. The normalized spacial score (nSPS) is 16.5. The molecule has 0 aromatic carbocycles. The van der Waals surface area contributed by atoms with Crippen LogP contribution in [0.2, 0.25) is 0 Å². The second-order valence-corrected chi connectivity index (χ2v) is 26.7. The third kappa shape index (κ3) is 78.0. The van der Waals surface area contributed by atoms with Gasteiger partial charge >= 0.3 is 75.6 Å². The number of ether oxygens (including phenoxy) is 3. The second-order valence-electron chi connectivity index (χ2n) is 22.2. The number of aliphatic hydroxyl groups is 1. The van der Waals surface area contributed by atoms with Crippen LogP contribution in [0.15, 0.2) is 84.1 Å². The summed E-state index contributed by atoms with van der Waals surface area (Å²) < 4.78 is 14.5. The molecule has 1 heterocycles. The maximum absolute atomic E-state index is 10.2. The fourth-order valence-corrected chi connectivity index (χ4v) is 10.0. The molecule has 1 saturated heterocycles. The number of alkyl halides is 1. The van der Waals surface area contributed by atoms with Crippen LogP contribution in [-0.4, -0.2) is 76.1 Å². The third-order valence-electron chi connectivity index (χ3n) is 16.0. The number of rotatable bonds is 21. The fourth-order valence-electron chi connectivity index (χ4n) is 10.0. The van der Waals surface area contributed by atoms with Crippen molar-refractivity contribution in [3.8, 4) is 0 Å². The Morgan fingerprint density at radius 3 is 1.15 bits per heavy atom. The Bertz CT molecular complexity index is 1450. The first-order valence-corrected chi connectivity index (χ1v) is 42.7. The van der Waals surface area contributed by atoms with Crippen LogP contribution in [0.1, 0.15) is 286 Å². The summed E-state index contributed by atoms with van der Waals surface area (Å²) in [7, 11) is 10.9. The number of Topliss-reactive ketones (excluding diaryl/α,β-unsaturated/α-hetero) is 1. The molecule has 6 nitrogen and oxygen atoms in total. The van der Waals surface area contributed by atoms with E-state index in [1.54, 1.807) is 5.57 Å². The number of carbonyl (C=O) groups excluding carboxylic acids is 1. The second kappa shape index (κ2) is 99.5. The molecule has 5 aliphatic carbocycles. The Morgan fingerprint density at radius 2 is 0.945 bits per heavy atom. The largest absolute Gasteiger partial charge is 1.00 e. The van der Waals surface area contributed by atoms with Crippen LogP contribution in [0.25, 0.3) is 0 Å². The van der Waals surface area contributed by atoms with Gasteiger partial charge in [0.15, 0.2) is 0 Å². The molecule has 2 N–H and O–H groups in total. The van der Waals surface area contributed by atoms with E-state index in [1.165, 1.54) is 134 Å². The van der Waals surface area contributed by atoms with Crippen molar-refractivity contribution in [3.05, 3.63) is 113 Å². The van der Waals surface area contributed by atoms with Gasteiger partial charge in [0.1, 0.15) is 5.78 Å². The molecule has 6 rings (SSSR count). The zero-order valence-electron chi connectivity index (χ0n) is 65.6. The van der Waals surface area contributed by atoms with E-state index in [-0.39, 0.29) is 52.6 Å². The molecular weight excluding hydrogens is 1300 g/mol. The van der Waals surface area contributed by atoms with E-state index in [4.69, 9.17) is 36.3 Å². The first kappa shape index (κ1) is 119. The quantitative estimate of drug-likeness (QED) is 0.0677. The van der Waals surface area contributed by atoms with Crippen LogP contribution in [0.5, 0.6) is 0 Å². The first-order valence-electron chi connectivity index (χ1n) is 35.2. The molecule has 91 heavy (non-hydrogen) atoms. The average molecular weight is 1460 g/mol. The van der Waals surface area contributed by atoms with Gasteiger partial charge in [-0.1, -0.05) is 243 Å². The molecule has 3 fully saturated rings. The molecule has 0 spiro atoms. The number of ketones is 1. The summed E-state index contributed by atoms with van der Waals surface area (Å²) in [5.41, 5.74) is 4.19. The summed E-state index contributed by atoms with van der Waals surface area (Å²) in [5.74, 6) is 4.91. The molecule has 0 aromatic rings. The van der Waals surface area contributed by atoms with Crippen molar-refractivity contribution in [2.75, 3.05) is 65.2 Å². The molecule has 6 aliphatic rings. The van der Waals surface area contributed by atoms with Crippen molar-refractivity contribution >= 4 is 38.7 Å². The van der Waals surface area contributed by atoms with Crippen molar-refractivity contribution in [1.29, 1.82) is 0 Å². The minimum atomic E-state index is -0.826. The van der Waals surface area contributed by atoms with Crippen molar-refractivity contribution in [3.63, 3.8) is 0 Å². The van der Waals surface area contributed by atoms with Gasteiger partial charge in [-0.3, -0.25) is 4.79 Å². The first-order chi connectivity index (χ1) is 42.0. The van der Waals surface area contributed by atoms with Crippen LogP contribution in [0.4, 0.5) is 0 Å². The summed E-state index contributed by atoms with van der Waals surface area (Å²) in [6.07, 6.45) is 55.8. The molecule has 4 atom stereocenters. The number of halogens is 3. The van der Waals surface area contributed by atoms with Crippen molar-refractivity contribution in [2.45, 2.75) is 286 Å². The van der Waals surface area contributed by atoms with E-state index in [9.17, 15) is 4.79 Å². The van der Waals surface area contributed by atoms with Gasteiger partial charge in [0.05, 0.1) is 0 Å². The van der Waals surface area contributed by atoms with Crippen molar-refractivity contribution < 1.29 is 82.7 Å². The average Bonchev–Trinajstić information content (AvgIpc) is 1.77. The SMILES string of the molecule is C1=CCC=C1.C1CCNC1.CCC(=O)CC.CCC(C)(C)CC.CCC(CC)=C1C=CC=C1.CCCBr.CCCC1CC(C(CC)(CC)C2CCCC2)C2C=CC=CC12.CCOCC.CCOCC.CCOCC.CO.[CH2-]CCC.[CH2-]CCC.[CH3-].[CH3-].[Cl][Zr+2][Cl].[Li+].[Li+]. The predicted molar refractivity (Wildman–Crippen MR) is 411 cm³/mol. The molecule has 1 aliphatic heterocycles. The molecule has 0 amide bonds. The van der Waals surface area contributed by atoms with Crippen LogP contribution < -0.4 is 43.0 Å². The van der Waals surface area contributed by atoms with E-state index in [1.807, 2.05) is 55.4 Å². The van der Waals surface area contributed by atoms with Crippen LogP contribution in [0.3, 0.4) is 0 Å². The number of allylic oxidation sites excluding steroid dienone is 14. The van der Waals surface area contributed by atoms with Gasteiger partial charge < -0.3 is 53.3 Å². The van der Waals surface area contributed by atoms with Crippen molar-refractivity contribution in [1.82, 2.24) is 5.32 Å². The fraction of sp³-hybridized carbons (Fsp3) is 0.759. The van der Waals surface area contributed by atoms with Gasteiger partial charge in [-0.15, -0.1) is 0 Å². The Morgan fingerprint density at radius 1 is 0.582 bits per heavy atom. The molecule has 0 bridgehead atoms. The number of carbonyl (C=O) groups is 1. The van der Waals surface area contributed by atoms with Crippen molar-refractivity contribution in [2.24, 2.45) is 40.4 Å². The Labute approximate surface area is 625 Å². The third-order valence-corrected chi connectivity index (χ3v) is 16.8. The summed E-state index contributed by atoms with van der Waals surface area (Å²) in [5, 5.41) is 11.4. The standard InChI is InChI=1S/C22H36.C10H14.C7H16.C5H10O.C5H6.C4H9N.3C4H10O.2C4H9.C3H7Br.CH4O.2CH3.2ClH.2Li.Zr/c1-4-11-17-16-21(20-15-10-9-14-19(17)20)22(5-2,6-3)18-12-7-8-13-18;1-3-9(4-2)10-7-5-6-8-10;1-5-7(3,4)6-2;1-3-5(6)4-2;2*1-2-4-5-3-1;3*1-3-5-4-2;2*1-3-4-2;1-2-3-4;1-2;;;;;;;/h9-10,14-15,17-21H,4-8,11-13,16H2,1-3H3;5-8H,3-4H2,1-2H3;5-6H2,1-4H3;3-4H2,1-2H3;1-4H,5H2;5H,1-4H2;3*3-4H2,1-2H3;2*1,3-4H2,2H3;2-3H2,1H3;2H,1H3;2*1H3;2*1H;;;/q;;;;;;;;;2*-1;;;2*-1;;;2*+1;+4/p-2. The van der Waals surface area contributed by atoms with E-state index in [0.29, 0.717) is 29.5 Å². The molecule has 2 saturated carbocycles. The minimum Gasteiger partial charge on any atom is 1.00 e. The number of nitrogens with one attached hydrogen (secondary N) is 1. The minimum absolute atomic E-state index is 0. The van der Waals surface area contributed by atoms with Crippen LogP contribution >= 0.6 is 33.0 Å². The smallest absolute Gasteiger partial charge is 1.00 e. The maximum Gasteiger partial charge on any atom is 1.00 e. The topological polar surface area (TPSA) is 77.0 Å². The summed E-state index contributed by atoms with van der Waals surface area (Å²) in [6, 6.07) is 0. The van der Waals surface area contributed by atoms with Gasteiger partial charge in [0.2, 0.25) is 0 Å². The van der Waals surface area contributed by atoms with Crippen LogP contribution in [0, 0.1) is 69.1 Å². The maximum atomic E-state index is 10.2. The molecule has 0 aromatic heterocycles. The van der Waals surface area contributed by atoms with E-state index in [0.717, 1.165) is 101 Å². The van der Waals surface area contributed by atoms with Crippen LogP contribution in [-0.2, 0) is 39.9 Å². The van der Waals surface area contributed by atoms with E-state index >= 15 is 0 Å². The number of hydrogen-bond acceptors (Lipinski definition) is 6.